The lowest BCUT2D eigenvalue weighted by atomic mass is 9.95. The summed E-state index contributed by atoms with van der Waals surface area (Å²) in [6.45, 7) is 2.00. The highest BCUT2D eigenvalue weighted by atomic mass is 16.6. The molecule has 1 amide bonds. The monoisotopic (exact) mass is 397 g/mol. The van der Waals surface area contributed by atoms with Crippen LogP contribution >= 0.6 is 0 Å². The van der Waals surface area contributed by atoms with E-state index in [1.807, 2.05) is 29.2 Å². The zero-order chi connectivity index (χ0) is 20.2. The van der Waals surface area contributed by atoms with Gasteiger partial charge in [0.15, 0.2) is 11.5 Å². The van der Waals surface area contributed by atoms with Crippen LogP contribution in [0.4, 0.5) is 11.4 Å². The Morgan fingerprint density at radius 3 is 2.55 bits per heavy atom. The zero-order valence-electron chi connectivity index (χ0n) is 16.0. The Hall–Kier alpha value is -3.29. The van der Waals surface area contributed by atoms with Crippen molar-refractivity contribution in [1.82, 2.24) is 5.32 Å². The number of benzene rings is 2. The maximum absolute atomic E-state index is 12.6. The predicted octanol–water partition coefficient (Wildman–Crippen LogP) is 2.77. The van der Waals surface area contributed by atoms with Crippen LogP contribution in [-0.2, 0) is 4.79 Å². The van der Waals surface area contributed by atoms with Crippen molar-refractivity contribution < 1.29 is 19.2 Å². The highest BCUT2D eigenvalue weighted by Gasteiger charge is 2.29. The van der Waals surface area contributed by atoms with Crippen molar-refractivity contribution in [2.24, 2.45) is 5.92 Å². The number of anilines is 1. The van der Waals surface area contributed by atoms with E-state index in [4.69, 9.17) is 9.47 Å². The Morgan fingerprint density at radius 2 is 1.79 bits per heavy atom. The summed E-state index contributed by atoms with van der Waals surface area (Å²) in [5.41, 5.74) is 0.716. The van der Waals surface area contributed by atoms with Crippen molar-refractivity contribution in [2.45, 2.75) is 18.9 Å². The molecule has 1 fully saturated rings. The number of nitro groups is 1. The van der Waals surface area contributed by atoms with Gasteiger partial charge in [0.25, 0.3) is 5.69 Å². The number of nitro benzene ring substituents is 1. The molecule has 0 aliphatic carbocycles. The molecule has 0 aromatic heterocycles. The maximum atomic E-state index is 12.6. The van der Waals surface area contributed by atoms with E-state index < -0.39 is 0 Å². The lowest BCUT2D eigenvalue weighted by molar-refractivity contribution is -0.384. The van der Waals surface area contributed by atoms with Crippen LogP contribution in [0.5, 0.6) is 11.5 Å². The van der Waals surface area contributed by atoms with Gasteiger partial charge in [-0.3, -0.25) is 14.9 Å². The summed E-state index contributed by atoms with van der Waals surface area (Å²) in [6, 6.07) is 14.2. The van der Waals surface area contributed by atoms with E-state index in [1.165, 1.54) is 6.07 Å². The van der Waals surface area contributed by atoms with Crippen LogP contribution in [0, 0.1) is 16.0 Å². The van der Waals surface area contributed by atoms with Gasteiger partial charge in [-0.2, -0.15) is 0 Å². The molecule has 1 unspecified atom stereocenters. The fourth-order valence-corrected chi connectivity index (χ4v) is 3.79. The highest BCUT2D eigenvalue weighted by Crippen LogP contribution is 2.32. The van der Waals surface area contributed by atoms with Crippen LogP contribution in [0.25, 0.3) is 0 Å². The van der Waals surface area contributed by atoms with Crippen LogP contribution in [-0.4, -0.2) is 43.2 Å². The first kappa shape index (κ1) is 19.0. The lowest BCUT2D eigenvalue weighted by Gasteiger charge is -2.33. The predicted molar refractivity (Wildman–Crippen MR) is 107 cm³/mol. The first-order chi connectivity index (χ1) is 14.1. The molecule has 8 nitrogen and oxygen atoms in total. The number of fused-ring (bicyclic) bond motifs is 1. The number of para-hydroxylation sites is 4. The molecule has 8 heteroatoms. The van der Waals surface area contributed by atoms with Crippen LogP contribution in [0.2, 0.25) is 0 Å². The number of amides is 1. The van der Waals surface area contributed by atoms with Gasteiger partial charge in [-0.05, 0) is 31.0 Å². The number of carbonyl (C=O) groups is 1. The molecule has 2 heterocycles. The minimum absolute atomic E-state index is 0.00494. The molecule has 2 aliphatic rings. The topological polar surface area (TPSA) is 93.9 Å². The third kappa shape index (κ3) is 4.26. The smallest absolute Gasteiger partial charge is 0.292 e. The minimum Gasteiger partial charge on any atom is -0.486 e. The van der Waals surface area contributed by atoms with Gasteiger partial charge in [-0.15, -0.1) is 0 Å². The summed E-state index contributed by atoms with van der Waals surface area (Å²) in [5.74, 6) is 1.30. The Balaban J connectivity index is 1.27. The van der Waals surface area contributed by atoms with E-state index >= 15 is 0 Å². The number of ether oxygens (including phenoxy) is 2. The van der Waals surface area contributed by atoms with E-state index in [0.717, 1.165) is 5.75 Å². The molecule has 29 heavy (non-hydrogen) atoms. The van der Waals surface area contributed by atoms with Crippen molar-refractivity contribution >= 4 is 17.3 Å². The normalized spacial score (nSPS) is 18.9. The summed E-state index contributed by atoms with van der Waals surface area (Å²) in [7, 11) is 0. The first-order valence-corrected chi connectivity index (χ1v) is 9.76. The summed E-state index contributed by atoms with van der Waals surface area (Å²) in [4.78, 5) is 25.4. The van der Waals surface area contributed by atoms with Crippen LogP contribution in [0.3, 0.4) is 0 Å². The van der Waals surface area contributed by atoms with Crippen molar-refractivity contribution in [3.05, 3.63) is 58.6 Å². The SMILES string of the molecule is O=C(NCC1COc2ccccc2O1)C1CCN(c2ccccc2[N+](=O)[O-])CC1. The van der Waals surface area contributed by atoms with E-state index in [-0.39, 0.29) is 28.5 Å². The molecule has 1 saturated heterocycles. The Morgan fingerprint density at radius 1 is 1.10 bits per heavy atom. The molecule has 0 spiro atoms. The van der Waals surface area contributed by atoms with E-state index in [1.54, 1.807) is 18.2 Å². The third-order valence-electron chi connectivity index (χ3n) is 5.36. The van der Waals surface area contributed by atoms with E-state index in [2.05, 4.69) is 5.32 Å². The number of hydrogen-bond acceptors (Lipinski definition) is 6. The second-order valence-corrected chi connectivity index (χ2v) is 7.25. The molecule has 2 aliphatic heterocycles. The molecule has 1 atom stereocenters. The summed E-state index contributed by atoms with van der Waals surface area (Å²) < 4.78 is 11.5. The molecule has 4 rings (SSSR count). The summed E-state index contributed by atoms with van der Waals surface area (Å²) >= 11 is 0. The second kappa shape index (κ2) is 8.38. The van der Waals surface area contributed by atoms with Gasteiger partial charge in [0.2, 0.25) is 5.91 Å². The molecule has 2 aromatic rings. The average Bonchev–Trinajstić information content (AvgIpc) is 2.77. The lowest BCUT2D eigenvalue weighted by Crippen LogP contribution is -2.45. The molecule has 2 aromatic carbocycles. The molecule has 1 N–H and O–H groups in total. The fraction of sp³-hybridized carbons (Fsp3) is 0.381. The van der Waals surface area contributed by atoms with E-state index in [0.29, 0.717) is 50.5 Å². The van der Waals surface area contributed by atoms with Crippen molar-refractivity contribution in [3.8, 4) is 11.5 Å². The van der Waals surface area contributed by atoms with Gasteiger partial charge in [0.1, 0.15) is 18.4 Å². The maximum Gasteiger partial charge on any atom is 0.292 e. The second-order valence-electron chi connectivity index (χ2n) is 7.25. The first-order valence-electron chi connectivity index (χ1n) is 9.76. The number of rotatable bonds is 5. The third-order valence-corrected chi connectivity index (χ3v) is 5.36. The zero-order valence-corrected chi connectivity index (χ0v) is 16.0. The van der Waals surface area contributed by atoms with Gasteiger partial charge in [0.05, 0.1) is 11.5 Å². The van der Waals surface area contributed by atoms with Crippen LogP contribution in [0.1, 0.15) is 12.8 Å². The Bertz CT molecular complexity index is 895. The van der Waals surface area contributed by atoms with Gasteiger partial charge >= 0.3 is 0 Å². The van der Waals surface area contributed by atoms with Crippen LogP contribution in [0.15, 0.2) is 48.5 Å². The van der Waals surface area contributed by atoms with Crippen molar-refractivity contribution in [1.29, 1.82) is 0 Å². The van der Waals surface area contributed by atoms with Gasteiger partial charge in [0, 0.05) is 25.1 Å². The minimum atomic E-state index is -0.363. The number of carbonyl (C=O) groups excluding carboxylic acids is 1. The summed E-state index contributed by atoms with van der Waals surface area (Å²) in [5, 5.41) is 14.2. The number of nitrogens with zero attached hydrogens (tertiary/aromatic N) is 2. The standard InChI is InChI=1S/C21H23N3O5/c25-21(22-13-16-14-28-19-7-3-4-8-20(19)29-16)15-9-11-23(12-10-15)17-5-1-2-6-18(17)24(26)27/h1-8,15-16H,9-14H2,(H,22,25). The van der Waals surface area contributed by atoms with Crippen molar-refractivity contribution in [2.75, 3.05) is 31.1 Å². The number of hydrogen-bond donors (Lipinski definition) is 1. The molecule has 0 saturated carbocycles. The summed E-state index contributed by atoms with van der Waals surface area (Å²) in [6.07, 6.45) is 1.09. The van der Waals surface area contributed by atoms with Crippen molar-refractivity contribution in [3.63, 3.8) is 0 Å². The van der Waals surface area contributed by atoms with Gasteiger partial charge in [-0.1, -0.05) is 24.3 Å². The molecular formula is C21H23N3O5. The highest BCUT2D eigenvalue weighted by molar-refractivity contribution is 5.79. The quantitative estimate of drug-likeness (QED) is 0.616. The van der Waals surface area contributed by atoms with Gasteiger partial charge < -0.3 is 19.7 Å². The molecular weight excluding hydrogens is 374 g/mol. The molecule has 152 valence electrons. The number of piperidine rings is 1. The number of nitrogens with one attached hydrogen (secondary N) is 1. The largest absolute Gasteiger partial charge is 0.486 e. The van der Waals surface area contributed by atoms with Gasteiger partial charge in [-0.25, -0.2) is 0 Å². The Labute approximate surface area is 168 Å². The van der Waals surface area contributed by atoms with Crippen LogP contribution < -0.4 is 19.7 Å². The fourth-order valence-electron chi connectivity index (χ4n) is 3.79. The average molecular weight is 397 g/mol. The molecule has 0 radical (unpaired) electrons. The molecule has 0 bridgehead atoms. The van der Waals surface area contributed by atoms with E-state index in [9.17, 15) is 14.9 Å². The Kier molecular flexibility index (Phi) is 5.50.